The van der Waals surface area contributed by atoms with Crippen molar-refractivity contribution in [2.45, 2.75) is 13.3 Å². The minimum atomic E-state index is -0.000515. The Morgan fingerprint density at radius 3 is 2.54 bits per heavy atom. The first-order valence-electron chi connectivity index (χ1n) is 7.88. The van der Waals surface area contributed by atoms with Crippen LogP contribution < -0.4 is 4.74 Å². The molecule has 0 saturated carbocycles. The van der Waals surface area contributed by atoms with Crippen molar-refractivity contribution in [3.8, 4) is 17.0 Å². The largest absolute Gasteiger partial charge is 0.494 e. The van der Waals surface area contributed by atoms with E-state index in [0.29, 0.717) is 18.7 Å². The molecule has 4 nitrogen and oxygen atoms in total. The molecule has 0 atom stereocenters. The van der Waals surface area contributed by atoms with Crippen molar-refractivity contribution in [3.05, 3.63) is 78.2 Å². The number of benzene rings is 1. The van der Waals surface area contributed by atoms with Gasteiger partial charge >= 0.3 is 0 Å². The minimum Gasteiger partial charge on any atom is -0.494 e. The lowest BCUT2D eigenvalue weighted by Gasteiger charge is -2.06. The molecule has 2 aromatic heterocycles. The summed E-state index contributed by atoms with van der Waals surface area (Å²) in [6, 6.07) is 16.9. The fourth-order valence-electron chi connectivity index (χ4n) is 2.43. The number of carbonyl (C=O) groups is 1. The SMILES string of the molecule is CCOc1ccc(-c2cc(CC(=O)c3ccccn3)ccn2)cc1. The van der Waals surface area contributed by atoms with Gasteiger partial charge in [0.25, 0.3) is 0 Å². The van der Waals surface area contributed by atoms with Crippen LogP contribution >= 0.6 is 0 Å². The molecule has 0 aliphatic carbocycles. The molecule has 1 aromatic carbocycles. The molecule has 0 N–H and O–H groups in total. The summed E-state index contributed by atoms with van der Waals surface area (Å²) in [6.07, 6.45) is 3.67. The number of aromatic nitrogens is 2. The van der Waals surface area contributed by atoms with E-state index in [9.17, 15) is 4.79 Å². The molecule has 0 aliphatic rings. The Morgan fingerprint density at radius 1 is 1.00 bits per heavy atom. The number of ether oxygens (including phenoxy) is 1. The Bertz CT molecular complexity index is 815. The molecule has 0 saturated heterocycles. The maximum Gasteiger partial charge on any atom is 0.185 e. The number of nitrogens with zero attached hydrogens (tertiary/aromatic N) is 2. The van der Waals surface area contributed by atoms with E-state index < -0.39 is 0 Å². The molecule has 0 fully saturated rings. The molecule has 120 valence electrons. The third-order valence-corrected chi connectivity index (χ3v) is 3.60. The molecule has 0 radical (unpaired) electrons. The second kappa shape index (κ2) is 7.51. The van der Waals surface area contributed by atoms with Crippen molar-refractivity contribution in [1.82, 2.24) is 9.97 Å². The molecule has 24 heavy (non-hydrogen) atoms. The second-order valence-electron chi connectivity index (χ2n) is 5.32. The van der Waals surface area contributed by atoms with Crippen LogP contribution in [0.1, 0.15) is 23.0 Å². The smallest absolute Gasteiger partial charge is 0.185 e. The predicted molar refractivity (Wildman–Crippen MR) is 93.1 cm³/mol. The molecule has 0 spiro atoms. The predicted octanol–water partition coefficient (Wildman–Crippen LogP) is 3.97. The van der Waals surface area contributed by atoms with E-state index in [0.717, 1.165) is 22.6 Å². The Hall–Kier alpha value is -3.01. The number of hydrogen-bond donors (Lipinski definition) is 0. The molecular weight excluding hydrogens is 300 g/mol. The molecule has 0 bridgehead atoms. The van der Waals surface area contributed by atoms with E-state index >= 15 is 0 Å². The van der Waals surface area contributed by atoms with Crippen LogP contribution in [0.15, 0.2) is 67.0 Å². The molecule has 3 rings (SSSR count). The summed E-state index contributed by atoms with van der Waals surface area (Å²) >= 11 is 0. The molecule has 0 aliphatic heterocycles. The van der Waals surface area contributed by atoms with Crippen LogP contribution in [0.5, 0.6) is 5.75 Å². The lowest BCUT2D eigenvalue weighted by Crippen LogP contribution is -2.05. The highest BCUT2D eigenvalue weighted by Gasteiger charge is 2.09. The van der Waals surface area contributed by atoms with Gasteiger partial charge in [-0.05, 0) is 61.0 Å². The van der Waals surface area contributed by atoms with Gasteiger partial charge in [0.1, 0.15) is 11.4 Å². The van der Waals surface area contributed by atoms with Crippen LogP contribution in [-0.2, 0) is 6.42 Å². The minimum absolute atomic E-state index is 0.000515. The monoisotopic (exact) mass is 318 g/mol. The summed E-state index contributed by atoms with van der Waals surface area (Å²) < 4.78 is 5.45. The Balaban J connectivity index is 1.77. The number of pyridine rings is 2. The van der Waals surface area contributed by atoms with Crippen LogP contribution in [-0.4, -0.2) is 22.4 Å². The highest BCUT2D eigenvalue weighted by atomic mass is 16.5. The Kier molecular flexibility index (Phi) is 4.96. The number of carbonyl (C=O) groups excluding carboxylic acids is 1. The van der Waals surface area contributed by atoms with Gasteiger partial charge in [0, 0.05) is 24.4 Å². The van der Waals surface area contributed by atoms with E-state index in [1.807, 2.05) is 49.4 Å². The maximum absolute atomic E-state index is 12.3. The van der Waals surface area contributed by atoms with Crippen molar-refractivity contribution < 1.29 is 9.53 Å². The first kappa shape index (κ1) is 15.9. The third-order valence-electron chi connectivity index (χ3n) is 3.60. The van der Waals surface area contributed by atoms with E-state index in [4.69, 9.17) is 4.74 Å². The Labute approximate surface area is 141 Å². The summed E-state index contributed by atoms with van der Waals surface area (Å²) in [4.78, 5) is 20.8. The van der Waals surface area contributed by atoms with Gasteiger partial charge in [0.2, 0.25) is 0 Å². The average Bonchev–Trinajstić information content (AvgIpc) is 2.63. The molecular formula is C20H18N2O2. The number of rotatable bonds is 6. The first-order chi connectivity index (χ1) is 11.8. The summed E-state index contributed by atoms with van der Waals surface area (Å²) in [6.45, 7) is 2.60. The molecule has 2 heterocycles. The van der Waals surface area contributed by atoms with Crippen LogP contribution in [0.2, 0.25) is 0 Å². The van der Waals surface area contributed by atoms with Gasteiger partial charge in [-0.2, -0.15) is 0 Å². The van der Waals surface area contributed by atoms with Crippen molar-refractivity contribution in [1.29, 1.82) is 0 Å². The summed E-state index contributed by atoms with van der Waals surface area (Å²) in [7, 11) is 0. The van der Waals surface area contributed by atoms with Gasteiger partial charge in [-0.25, -0.2) is 0 Å². The van der Waals surface area contributed by atoms with Gasteiger partial charge < -0.3 is 4.74 Å². The fourth-order valence-corrected chi connectivity index (χ4v) is 2.43. The number of hydrogen-bond acceptors (Lipinski definition) is 4. The van der Waals surface area contributed by atoms with Gasteiger partial charge in [0.15, 0.2) is 5.78 Å². The second-order valence-corrected chi connectivity index (χ2v) is 5.32. The lowest BCUT2D eigenvalue weighted by atomic mass is 10.0. The summed E-state index contributed by atoms with van der Waals surface area (Å²) in [5.41, 5.74) is 3.23. The standard InChI is InChI=1S/C20H18N2O2/c1-2-24-17-8-6-16(7-9-17)19-13-15(10-12-22-19)14-20(23)18-5-3-4-11-21-18/h3-13H,2,14H2,1H3. The quantitative estimate of drug-likeness (QED) is 0.645. The Morgan fingerprint density at radius 2 is 1.83 bits per heavy atom. The van der Waals surface area contributed by atoms with E-state index in [1.54, 1.807) is 24.5 Å². The van der Waals surface area contributed by atoms with Crippen molar-refractivity contribution in [3.63, 3.8) is 0 Å². The van der Waals surface area contributed by atoms with E-state index in [1.165, 1.54) is 0 Å². The summed E-state index contributed by atoms with van der Waals surface area (Å²) in [5, 5.41) is 0. The van der Waals surface area contributed by atoms with Crippen LogP contribution in [0.3, 0.4) is 0 Å². The topological polar surface area (TPSA) is 52.1 Å². The van der Waals surface area contributed by atoms with Crippen molar-refractivity contribution in [2.24, 2.45) is 0 Å². The van der Waals surface area contributed by atoms with Gasteiger partial charge in [-0.1, -0.05) is 6.07 Å². The zero-order valence-electron chi connectivity index (χ0n) is 13.5. The first-order valence-corrected chi connectivity index (χ1v) is 7.88. The third kappa shape index (κ3) is 3.84. The molecule has 0 unspecified atom stereocenters. The molecule has 3 aromatic rings. The van der Waals surface area contributed by atoms with Crippen molar-refractivity contribution >= 4 is 5.78 Å². The van der Waals surface area contributed by atoms with Gasteiger partial charge in [0.05, 0.1) is 12.3 Å². The highest BCUT2D eigenvalue weighted by molar-refractivity contribution is 5.95. The number of ketones is 1. The van der Waals surface area contributed by atoms with Crippen LogP contribution in [0.4, 0.5) is 0 Å². The van der Waals surface area contributed by atoms with E-state index in [2.05, 4.69) is 9.97 Å². The van der Waals surface area contributed by atoms with E-state index in [-0.39, 0.29) is 5.78 Å². The zero-order chi connectivity index (χ0) is 16.8. The highest BCUT2D eigenvalue weighted by Crippen LogP contribution is 2.22. The average molecular weight is 318 g/mol. The number of Topliss-reactive ketones (excluding diaryl/α,β-unsaturated/α-hetero) is 1. The molecule has 0 amide bonds. The normalized spacial score (nSPS) is 10.4. The van der Waals surface area contributed by atoms with Gasteiger partial charge in [-0.3, -0.25) is 14.8 Å². The van der Waals surface area contributed by atoms with Crippen LogP contribution in [0, 0.1) is 0 Å². The zero-order valence-corrected chi connectivity index (χ0v) is 13.5. The summed E-state index contributed by atoms with van der Waals surface area (Å²) in [5.74, 6) is 0.835. The molecule has 4 heteroatoms. The maximum atomic E-state index is 12.3. The fraction of sp³-hybridized carbons (Fsp3) is 0.150. The van der Waals surface area contributed by atoms with Crippen LogP contribution in [0.25, 0.3) is 11.3 Å². The van der Waals surface area contributed by atoms with Gasteiger partial charge in [-0.15, -0.1) is 0 Å². The van der Waals surface area contributed by atoms with Crippen molar-refractivity contribution in [2.75, 3.05) is 6.61 Å². The lowest BCUT2D eigenvalue weighted by molar-refractivity contribution is 0.0988.